The summed E-state index contributed by atoms with van der Waals surface area (Å²) in [5, 5.41) is 14.7. The van der Waals surface area contributed by atoms with Gasteiger partial charge in [-0.2, -0.15) is 0 Å². The number of nitrogens with one attached hydrogen (secondary N) is 1. The molecule has 4 N–H and O–H groups in total. The highest BCUT2D eigenvalue weighted by Crippen LogP contribution is 2.34. The van der Waals surface area contributed by atoms with E-state index in [1.165, 1.54) is 0 Å². The van der Waals surface area contributed by atoms with Crippen molar-refractivity contribution in [2.45, 2.75) is 25.0 Å². The molecule has 3 aromatic rings. The number of fused-ring (bicyclic) bond motifs is 1. The summed E-state index contributed by atoms with van der Waals surface area (Å²) in [4.78, 5) is 23.2. The maximum absolute atomic E-state index is 12.7. The van der Waals surface area contributed by atoms with Crippen molar-refractivity contribution in [1.29, 1.82) is 0 Å². The molecule has 4 rings (SSSR count). The number of piperidine rings is 1. The minimum atomic E-state index is -0.689. The number of amides is 1. The Balaban J connectivity index is 1.37. The number of methoxy groups -OCH3 is 1. The van der Waals surface area contributed by atoms with Crippen molar-refractivity contribution < 1.29 is 14.6 Å². The third-order valence-corrected chi connectivity index (χ3v) is 7.12. The fourth-order valence-electron chi connectivity index (χ4n) is 4.10. The van der Waals surface area contributed by atoms with Gasteiger partial charge in [0.25, 0.3) is 5.91 Å². The highest BCUT2D eigenvalue weighted by atomic mass is 35.5. The first-order valence-electron chi connectivity index (χ1n) is 10.7. The van der Waals surface area contributed by atoms with Gasteiger partial charge in [0, 0.05) is 37.3 Å². The van der Waals surface area contributed by atoms with Crippen LogP contribution in [-0.2, 0) is 0 Å². The second kappa shape index (κ2) is 10.5. The van der Waals surface area contributed by atoms with Crippen molar-refractivity contribution in [3.63, 3.8) is 0 Å². The van der Waals surface area contributed by atoms with Gasteiger partial charge in [-0.1, -0.05) is 34.8 Å². The lowest BCUT2D eigenvalue weighted by molar-refractivity contribution is 0.0828. The predicted octanol–water partition coefficient (Wildman–Crippen LogP) is 4.11. The number of nitrogens with two attached hydrogens (primary N) is 1. The van der Waals surface area contributed by atoms with Gasteiger partial charge in [0.15, 0.2) is 10.8 Å². The van der Waals surface area contributed by atoms with E-state index in [1.54, 1.807) is 13.3 Å². The molecule has 11 heteroatoms. The number of nitrogen functional groups attached to an aromatic ring is 1. The largest absolute Gasteiger partial charge is 0.497 e. The molecule has 1 amide bonds. The van der Waals surface area contributed by atoms with E-state index in [2.05, 4.69) is 20.2 Å². The number of nitrogens with zero attached hydrogens (tertiary/aromatic N) is 3. The maximum atomic E-state index is 12.7. The van der Waals surface area contributed by atoms with E-state index >= 15 is 0 Å². The summed E-state index contributed by atoms with van der Waals surface area (Å²) in [5.41, 5.74) is 7.39. The van der Waals surface area contributed by atoms with Gasteiger partial charge in [-0.15, -0.1) is 0 Å². The van der Waals surface area contributed by atoms with Crippen LogP contribution < -0.4 is 15.8 Å². The van der Waals surface area contributed by atoms with Crippen molar-refractivity contribution in [1.82, 2.24) is 20.2 Å². The molecule has 1 atom stereocenters. The summed E-state index contributed by atoms with van der Waals surface area (Å²) < 4.78 is 5.32. The molecule has 2 aromatic heterocycles. The number of rotatable bonds is 6. The number of pyridine rings is 2. The number of aliphatic hydroxyl groups excluding tert-OH is 1. The van der Waals surface area contributed by atoms with Crippen molar-refractivity contribution in [2.24, 2.45) is 0 Å². The second-order valence-corrected chi connectivity index (χ2v) is 9.25. The minimum absolute atomic E-state index is 0.0198. The van der Waals surface area contributed by atoms with Crippen LogP contribution >= 0.6 is 34.8 Å². The van der Waals surface area contributed by atoms with Crippen LogP contribution in [0.25, 0.3) is 10.9 Å². The van der Waals surface area contributed by atoms with Crippen LogP contribution in [-0.4, -0.2) is 58.7 Å². The van der Waals surface area contributed by atoms with Gasteiger partial charge in [-0.05, 0) is 42.7 Å². The standard InChI is InChI=1S/C23H24Cl3N5O3/c1-34-13-2-3-16-15(10-13)14(4-7-28-16)17(32)11-31-8-5-12(6-9-31)29-23(33)21-18(24)20(27)19(25)22(26)30-21/h2-4,7,10,12,17,32H,5-6,8-9,11H2,1H3,(H2,27,30)(H,29,33)/t17-/m0/s1. The molecule has 8 nitrogen and oxygen atoms in total. The smallest absolute Gasteiger partial charge is 0.271 e. The van der Waals surface area contributed by atoms with E-state index < -0.39 is 12.0 Å². The zero-order chi connectivity index (χ0) is 24.4. The number of aliphatic hydroxyl groups is 1. The summed E-state index contributed by atoms with van der Waals surface area (Å²) in [6.07, 6.45) is 2.42. The Morgan fingerprint density at radius 3 is 2.71 bits per heavy atom. The van der Waals surface area contributed by atoms with Crippen molar-refractivity contribution in [2.75, 3.05) is 32.5 Å². The molecule has 0 bridgehead atoms. The molecule has 3 heterocycles. The van der Waals surface area contributed by atoms with Gasteiger partial charge < -0.3 is 25.8 Å². The third-order valence-electron chi connectivity index (χ3n) is 5.98. The first-order valence-corrected chi connectivity index (χ1v) is 11.9. The number of anilines is 1. The fraction of sp³-hybridized carbons (Fsp3) is 0.348. The molecular weight excluding hydrogens is 501 g/mol. The molecule has 1 fully saturated rings. The Hall–Kier alpha value is -2.36. The zero-order valence-electron chi connectivity index (χ0n) is 18.4. The number of hydrogen-bond acceptors (Lipinski definition) is 7. The Morgan fingerprint density at radius 1 is 1.26 bits per heavy atom. The Labute approximate surface area is 212 Å². The number of ether oxygens (including phenoxy) is 1. The van der Waals surface area contributed by atoms with E-state index in [-0.39, 0.29) is 32.6 Å². The van der Waals surface area contributed by atoms with E-state index in [1.807, 2.05) is 24.3 Å². The van der Waals surface area contributed by atoms with E-state index in [4.69, 9.17) is 45.3 Å². The molecule has 0 unspecified atom stereocenters. The molecule has 1 aliphatic heterocycles. The number of likely N-dealkylation sites (tertiary alicyclic amines) is 1. The Morgan fingerprint density at radius 2 is 2.00 bits per heavy atom. The van der Waals surface area contributed by atoms with Gasteiger partial charge in [-0.25, -0.2) is 4.98 Å². The molecule has 1 saturated heterocycles. The summed E-state index contributed by atoms with van der Waals surface area (Å²) in [5.74, 6) is 0.259. The highest BCUT2D eigenvalue weighted by Gasteiger charge is 2.26. The van der Waals surface area contributed by atoms with Gasteiger partial charge in [0.05, 0.1) is 29.4 Å². The lowest BCUT2D eigenvalue weighted by Gasteiger charge is -2.33. The summed E-state index contributed by atoms with van der Waals surface area (Å²) >= 11 is 18.0. The normalized spacial score (nSPS) is 15.9. The van der Waals surface area contributed by atoms with Gasteiger partial charge in [0.2, 0.25) is 0 Å². The number of carbonyl (C=O) groups excluding carboxylic acids is 1. The molecule has 0 spiro atoms. The van der Waals surface area contributed by atoms with Gasteiger partial charge in [0.1, 0.15) is 10.8 Å². The van der Waals surface area contributed by atoms with Crippen LogP contribution in [0.5, 0.6) is 5.75 Å². The average Bonchev–Trinajstić information content (AvgIpc) is 2.85. The summed E-state index contributed by atoms with van der Waals surface area (Å²) in [7, 11) is 1.61. The van der Waals surface area contributed by atoms with Gasteiger partial charge >= 0.3 is 0 Å². The number of hydrogen-bond donors (Lipinski definition) is 3. The van der Waals surface area contributed by atoms with Crippen LogP contribution in [0.1, 0.15) is 35.0 Å². The molecule has 180 valence electrons. The summed E-state index contributed by atoms with van der Waals surface area (Å²) in [6, 6.07) is 7.37. The fourth-order valence-corrected chi connectivity index (χ4v) is 4.70. The van der Waals surface area contributed by atoms with Crippen LogP contribution in [0.2, 0.25) is 15.2 Å². The topological polar surface area (TPSA) is 114 Å². The zero-order valence-corrected chi connectivity index (χ0v) is 20.7. The van der Waals surface area contributed by atoms with E-state index in [0.717, 1.165) is 16.5 Å². The van der Waals surface area contributed by atoms with Crippen molar-refractivity contribution in [3.05, 3.63) is 56.9 Å². The monoisotopic (exact) mass is 523 g/mol. The van der Waals surface area contributed by atoms with E-state index in [9.17, 15) is 9.90 Å². The predicted molar refractivity (Wildman–Crippen MR) is 134 cm³/mol. The van der Waals surface area contributed by atoms with Crippen molar-refractivity contribution in [3.8, 4) is 5.75 Å². The maximum Gasteiger partial charge on any atom is 0.271 e. The van der Waals surface area contributed by atoms with Crippen LogP contribution in [0.15, 0.2) is 30.5 Å². The van der Waals surface area contributed by atoms with Crippen molar-refractivity contribution >= 4 is 57.3 Å². The molecular formula is C23H24Cl3N5O3. The highest BCUT2D eigenvalue weighted by molar-refractivity contribution is 6.46. The van der Waals surface area contributed by atoms with Crippen LogP contribution in [0.3, 0.4) is 0 Å². The number of β-amino-alcohol motifs (C(OH)–C–C–N with tert-alkyl or cyclic N) is 1. The molecule has 0 aliphatic carbocycles. The lowest BCUT2D eigenvalue weighted by Crippen LogP contribution is -2.45. The SMILES string of the molecule is COc1ccc2nccc([C@@H](O)CN3CCC(NC(=O)c4nc(Cl)c(Cl)c(N)c4Cl)CC3)c2c1. The molecule has 1 aromatic carbocycles. The molecule has 34 heavy (non-hydrogen) atoms. The van der Waals surface area contributed by atoms with E-state index in [0.29, 0.717) is 38.2 Å². The number of benzene rings is 1. The van der Waals surface area contributed by atoms with Crippen LogP contribution in [0.4, 0.5) is 5.69 Å². The van der Waals surface area contributed by atoms with Crippen LogP contribution in [0, 0.1) is 0 Å². The number of carbonyl (C=O) groups is 1. The second-order valence-electron chi connectivity index (χ2n) is 8.14. The quantitative estimate of drug-likeness (QED) is 0.416. The first kappa shape index (κ1) is 24.8. The number of aromatic nitrogens is 2. The lowest BCUT2D eigenvalue weighted by atomic mass is 10.0. The Bertz CT molecular complexity index is 1220. The minimum Gasteiger partial charge on any atom is -0.497 e. The molecule has 0 radical (unpaired) electrons. The molecule has 0 saturated carbocycles. The first-order chi connectivity index (χ1) is 16.3. The average molecular weight is 525 g/mol. The molecule has 1 aliphatic rings. The number of halogens is 3. The summed E-state index contributed by atoms with van der Waals surface area (Å²) in [6.45, 7) is 1.88. The Kier molecular flexibility index (Phi) is 7.64. The van der Waals surface area contributed by atoms with Gasteiger partial charge in [-0.3, -0.25) is 9.78 Å². The third kappa shape index (κ3) is 5.16.